The lowest BCUT2D eigenvalue weighted by Gasteiger charge is -2.20. The Bertz CT molecular complexity index is 2190. The van der Waals surface area contributed by atoms with E-state index in [1.54, 1.807) is 11.3 Å². The van der Waals surface area contributed by atoms with Crippen LogP contribution in [0.5, 0.6) is 11.5 Å². The number of rotatable bonds is 16. The number of aliphatic imine (C=N–C) groups is 1. The zero-order chi connectivity index (χ0) is 38.3. The summed E-state index contributed by atoms with van der Waals surface area (Å²) >= 11 is 7.92. The topological polar surface area (TPSA) is 120 Å². The van der Waals surface area contributed by atoms with E-state index in [1.807, 2.05) is 61.5 Å². The molecule has 0 spiro atoms. The summed E-state index contributed by atoms with van der Waals surface area (Å²) in [5.74, 6) is 3.05. The van der Waals surface area contributed by atoms with Crippen LogP contribution in [0.3, 0.4) is 0 Å². The lowest BCUT2D eigenvalue weighted by atomic mass is 9.99. The first-order valence-corrected chi connectivity index (χ1v) is 20.3. The fraction of sp³-hybridized carbons (Fsp3) is 0.372. The summed E-state index contributed by atoms with van der Waals surface area (Å²) in [6.07, 6.45) is 6.88. The average Bonchev–Trinajstić information content (AvgIpc) is 3.66. The SMILES string of the molecule is Cc1sc2c(c1C)C(c1ccc(Cl)cc1)=N[C@@H](CC(=O)NCCOCCCCCCCc1ccccc1Oc1cccc3c1CNC(=O)C3)c1nnc(C)n1-2. The van der Waals surface area contributed by atoms with Crippen LogP contribution in [-0.2, 0) is 33.7 Å². The Kier molecular flexibility index (Phi) is 12.4. The third-order valence-corrected chi connectivity index (χ3v) is 11.7. The normalized spacial score (nSPS) is 14.7. The molecule has 2 aliphatic rings. The minimum Gasteiger partial charge on any atom is -0.457 e. The predicted octanol–water partition coefficient (Wildman–Crippen LogP) is 8.48. The summed E-state index contributed by atoms with van der Waals surface area (Å²) in [5, 5.41) is 16.5. The molecule has 1 atom stereocenters. The quantitative estimate of drug-likeness (QED) is 0.0971. The molecule has 7 rings (SSSR count). The monoisotopic (exact) mass is 778 g/mol. The molecule has 4 heterocycles. The molecular formula is C43H47ClN6O4S. The number of para-hydroxylation sites is 1. The zero-order valence-electron chi connectivity index (χ0n) is 31.6. The van der Waals surface area contributed by atoms with Crippen molar-refractivity contribution in [1.29, 1.82) is 0 Å². The maximum Gasteiger partial charge on any atom is 0.224 e. The average molecular weight is 779 g/mol. The second kappa shape index (κ2) is 17.7. The molecular weight excluding hydrogens is 732 g/mol. The van der Waals surface area contributed by atoms with Gasteiger partial charge in [-0.05, 0) is 81.0 Å². The van der Waals surface area contributed by atoms with Crippen LogP contribution in [0.1, 0.15) is 94.5 Å². The third kappa shape index (κ3) is 9.01. The summed E-state index contributed by atoms with van der Waals surface area (Å²) in [4.78, 5) is 31.5. The van der Waals surface area contributed by atoms with Crippen molar-refractivity contribution in [2.45, 2.75) is 84.7 Å². The molecule has 2 N–H and O–H groups in total. The number of aromatic nitrogens is 3. The first-order chi connectivity index (χ1) is 26.8. The Labute approximate surface area is 331 Å². The van der Waals surface area contributed by atoms with Crippen molar-refractivity contribution in [3.8, 4) is 16.5 Å². The van der Waals surface area contributed by atoms with E-state index in [-0.39, 0.29) is 18.2 Å². The van der Waals surface area contributed by atoms with Crippen LogP contribution in [0.15, 0.2) is 71.7 Å². The van der Waals surface area contributed by atoms with Crippen LogP contribution in [0.4, 0.5) is 0 Å². The van der Waals surface area contributed by atoms with Gasteiger partial charge in [0.2, 0.25) is 11.8 Å². The van der Waals surface area contributed by atoms with E-state index in [4.69, 9.17) is 26.1 Å². The van der Waals surface area contributed by atoms with Gasteiger partial charge in [-0.1, -0.05) is 73.3 Å². The molecule has 0 unspecified atom stereocenters. The van der Waals surface area contributed by atoms with Gasteiger partial charge in [-0.2, -0.15) is 0 Å². The number of amides is 2. The number of hydrogen-bond donors (Lipinski definition) is 2. The number of halogens is 1. The standard InChI is InChI=1S/C43H47ClN6O4S/c1-27-28(2)55-43-40(27)41(31-17-19-33(44)20-18-31)47-35(42-49-48-29(3)50(42)43)25-39(52)45-21-23-53-22-10-6-4-5-7-12-30-13-8-9-15-36(30)54-37-16-11-14-32-24-38(51)46-26-34(32)37/h8-9,11,13-20,35H,4-7,10,12,21-26H2,1-3H3,(H,45,52)(H,46,51)/t35-/m0/s1. The number of carbonyl (C=O) groups is 2. The van der Waals surface area contributed by atoms with Gasteiger partial charge < -0.3 is 20.1 Å². The summed E-state index contributed by atoms with van der Waals surface area (Å²) in [5.41, 5.74) is 7.25. The van der Waals surface area contributed by atoms with Crippen molar-refractivity contribution in [2.75, 3.05) is 19.8 Å². The predicted molar refractivity (Wildman–Crippen MR) is 217 cm³/mol. The highest BCUT2D eigenvalue weighted by molar-refractivity contribution is 7.15. The van der Waals surface area contributed by atoms with Gasteiger partial charge in [0.1, 0.15) is 28.4 Å². The number of thiophene rings is 1. The van der Waals surface area contributed by atoms with Crippen molar-refractivity contribution in [1.82, 2.24) is 25.4 Å². The van der Waals surface area contributed by atoms with Crippen LogP contribution >= 0.6 is 22.9 Å². The van der Waals surface area contributed by atoms with Gasteiger partial charge in [0.15, 0.2) is 5.82 Å². The van der Waals surface area contributed by atoms with E-state index in [0.717, 1.165) is 94.4 Å². The second-order valence-corrected chi connectivity index (χ2v) is 15.8. The van der Waals surface area contributed by atoms with Crippen LogP contribution < -0.4 is 15.4 Å². The Hall–Kier alpha value is -4.84. The molecule has 0 radical (unpaired) electrons. The van der Waals surface area contributed by atoms with E-state index in [1.165, 1.54) is 10.4 Å². The minimum absolute atomic E-state index is 0.0495. The van der Waals surface area contributed by atoms with Gasteiger partial charge in [-0.25, -0.2) is 0 Å². The van der Waals surface area contributed by atoms with Crippen LogP contribution in [0.25, 0.3) is 5.00 Å². The van der Waals surface area contributed by atoms with Gasteiger partial charge in [0.25, 0.3) is 0 Å². The summed E-state index contributed by atoms with van der Waals surface area (Å²) < 4.78 is 14.3. The van der Waals surface area contributed by atoms with E-state index < -0.39 is 6.04 Å². The molecule has 0 aliphatic carbocycles. The number of fused-ring (bicyclic) bond motifs is 4. The lowest BCUT2D eigenvalue weighted by Crippen LogP contribution is -2.30. The molecule has 0 fully saturated rings. The fourth-order valence-corrected chi connectivity index (χ4v) is 8.56. The van der Waals surface area contributed by atoms with Crippen LogP contribution in [0, 0.1) is 20.8 Å². The number of nitrogens with one attached hydrogen (secondary N) is 2. The smallest absolute Gasteiger partial charge is 0.224 e. The van der Waals surface area contributed by atoms with Gasteiger partial charge in [-0.15, -0.1) is 21.5 Å². The van der Waals surface area contributed by atoms with Crippen LogP contribution in [0.2, 0.25) is 5.02 Å². The van der Waals surface area contributed by atoms with E-state index in [2.05, 4.69) is 51.4 Å². The van der Waals surface area contributed by atoms with Gasteiger partial charge in [0.05, 0.1) is 25.2 Å². The van der Waals surface area contributed by atoms with E-state index in [0.29, 0.717) is 43.6 Å². The molecule has 10 nitrogen and oxygen atoms in total. The maximum atomic E-state index is 13.2. The zero-order valence-corrected chi connectivity index (χ0v) is 33.2. The van der Waals surface area contributed by atoms with E-state index in [9.17, 15) is 9.59 Å². The Balaban J connectivity index is 0.834. The minimum atomic E-state index is -0.507. The number of hydrogen-bond acceptors (Lipinski definition) is 8. The van der Waals surface area contributed by atoms with Crippen molar-refractivity contribution in [3.05, 3.63) is 122 Å². The Morgan fingerprint density at radius 3 is 2.58 bits per heavy atom. The summed E-state index contributed by atoms with van der Waals surface area (Å²) in [6, 6.07) is 21.3. The van der Waals surface area contributed by atoms with Crippen molar-refractivity contribution in [3.63, 3.8) is 0 Å². The number of aryl methyl sites for hydroxylation is 3. The van der Waals surface area contributed by atoms with E-state index >= 15 is 0 Å². The molecule has 55 heavy (non-hydrogen) atoms. The maximum absolute atomic E-state index is 13.2. The number of carbonyl (C=O) groups excluding carboxylic acids is 2. The highest BCUT2D eigenvalue weighted by Crippen LogP contribution is 2.40. The molecule has 286 valence electrons. The molecule has 2 aliphatic heterocycles. The number of unbranched alkanes of at least 4 members (excludes halogenated alkanes) is 4. The van der Waals surface area contributed by atoms with Gasteiger partial charge in [-0.3, -0.25) is 19.1 Å². The van der Waals surface area contributed by atoms with Gasteiger partial charge in [0, 0.05) is 46.3 Å². The summed E-state index contributed by atoms with van der Waals surface area (Å²) in [7, 11) is 0. The van der Waals surface area contributed by atoms with Crippen molar-refractivity contribution < 1.29 is 19.1 Å². The molecule has 5 aromatic rings. The molecule has 0 bridgehead atoms. The largest absolute Gasteiger partial charge is 0.457 e. The first-order valence-electron chi connectivity index (χ1n) is 19.1. The number of benzene rings is 3. The molecule has 3 aromatic carbocycles. The molecule has 12 heteroatoms. The Morgan fingerprint density at radius 2 is 1.73 bits per heavy atom. The highest BCUT2D eigenvalue weighted by atomic mass is 35.5. The lowest BCUT2D eigenvalue weighted by molar-refractivity contribution is -0.122. The molecule has 2 amide bonds. The molecule has 0 saturated heterocycles. The Morgan fingerprint density at radius 1 is 0.945 bits per heavy atom. The number of ether oxygens (including phenoxy) is 2. The molecule has 0 saturated carbocycles. The molecule has 2 aromatic heterocycles. The van der Waals surface area contributed by atoms with Crippen molar-refractivity contribution >= 4 is 40.5 Å². The number of nitrogens with zero attached hydrogens (tertiary/aromatic N) is 4. The van der Waals surface area contributed by atoms with Gasteiger partial charge >= 0.3 is 0 Å². The first kappa shape index (κ1) is 38.4. The fourth-order valence-electron chi connectivity index (χ4n) is 7.22. The second-order valence-electron chi connectivity index (χ2n) is 14.1. The third-order valence-electron chi connectivity index (χ3n) is 10.3. The van der Waals surface area contributed by atoms with Crippen molar-refractivity contribution in [2.24, 2.45) is 4.99 Å². The van der Waals surface area contributed by atoms with Crippen LogP contribution in [-0.4, -0.2) is 52.0 Å². The highest BCUT2D eigenvalue weighted by Gasteiger charge is 2.32. The summed E-state index contributed by atoms with van der Waals surface area (Å²) in [6.45, 7) is 8.20.